The molecule has 0 aliphatic rings. The van der Waals surface area contributed by atoms with Gasteiger partial charge in [0.2, 0.25) is 5.91 Å². The van der Waals surface area contributed by atoms with Crippen LogP contribution >= 0.6 is 0 Å². The molecule has 3 aromatic rings. The van der Waals surface area contributed by atoms with Gasteiger partial charge in [0.05, 0.1) is 24.8 Å². The van der Waals surface area contributed by atoms with E-state index in [0.29, 0.717) is 29.2 Å². The van der Waals surface area contributed by atoms with Gasteiger partial charge in [-0.2, -0.15) is 5.10 Å². The van der Waals surface area contributed by atoms with Gasteiger partial charge < -0.3 is 14.6 Å². The zero-order valence-electron chi connectivity index (χ0n) is 18.0. The number of aromatic carboxylic acids is 1. The average molecular weight is 450 g/mol. The molecule has 0 radical (unpaired) electrons. The van der Waals surface area contributed by atoms with Crippen molar-refractivity contribution in [3.63, 3.8) is 0 Å². The number of rotatable bonds is 10. The number of carbonyl (C=O) groups excluding carboxylic acids is 1. The SMILES string of the molecule is CCOc1cc(/C=N/NC(=O)Cc2ccc(F)cc2)ccc1OCc1ccc(C(=O)O)cc1. The highest BCUT2D eigenvalue weighted by molar-refractivity contribution is 5.87. The molecule has 33 heavy (non-hydrogen) atoms. The van der Waals surface area contributed by atoms with Gasteiger partial charge in [-0.25, -0.2) is 14.6 Å². The molecule has 0 atom stereocenters. The van der Waals surface area contributed by atoms with E-state index in [4.69, 9.17) is 14.6 Å². The molecular weight excluding hydrogens is 427 g/mol. The summed E-state index contributed by atoms with van der Waals surface area (Å²) in [6, 6.07) is 17.4. The first kappa shape index (κ1) is 23.5. The van der Waals surface area contributed by atoms with E-state index in [1.807, 2.05) is 6.92 Å². The maximum Gasteiger partial charge on any atom is 0.335 e. The number of ether oxygens (including phenoxy) is 2. The third-order valence-corrected chi connectivity index (χ3v) is 4.54. The number of carbonyl (C=O) groups is 2. The van der Waals surface area contributed by atoms with Gasteiger partial charge in [-0.15, -0.1) is 0 Å². The first-order chi connectivity index (χ1) is 15.9. The number of hydrogen-bond acceptors (Lipinski definition) is 5. The number of carboxylic acid groups (broad SMARTS) is 1. The lowest BCUT2D eigenvalue weighted by atomic mass is 10.1. The molecule has 3 aromatic carbocycles. The van der Waals surface area contributed by atoms with Crippen LogP contribution < -0.4 is 14.9 Å². The van der Waals surface area contributed by atoms with Crippen LogP contribution in [0, 0.1) is 5.82 Å². The van der Waals surface area contributed by atoms with Crippen LogP contribution in [0.15, 0.2) is 71.8 Å². The number of nitrogens with one attached hydrogen (secondary N) is 1. The standard InChI is InChI=1S/C25H23FN2O5/c1-2-32-23-13-19(15-27-28-24(29)14-17-5-10-21(26)11-6-17)7-12-22(23)33-16-18-3-8-20(9-4-18)25(30)31/h3-13,15H,2,14,16H2,1H3,(H,28,29)(H,30,31)/b27-15+. The lowest BCUT2D eigenvalue weighted by molar-refractivity contribution is -0.120. The highest BCUT2D eigenvalue weighted by atomic mass is 19.1. The molecule has 7 nitrogen and oxygen atoms in total. The van der Waals surface area contributed by atoms with E-state index in [-0.39, 0.29) is 30.3 Å². The zero-order chi connectivity index (χ0) is 23.6. The largest absolute Gasteiger partial charge is 0.490 e. The number of hydrazone groups is 1. The Kier molecular flexibility index (Phi) is 8.13. The summed E-state index contributed by atoms with van der Waals surface area (Å²) < 4.78 is 24.4. The number of nitrogens with zero attached hydrogens (tertiary/aromatic N) is 1. The molecule has 2 N–H and O–H groups in total. The second-order valence-corrected chi connectivity index (χ2v) is 7.03. The van der Waals surface area contributed by atoms with Crippen molar-refractivity contribution in [3.05, 3.63) is 94.8 Å². The zero-order valence-corrected chi connectivity index (χ0v) is 18.0. The highest BCUT2D eigenvalue weighted by Gasteiger charge is 2.08. The Morgan fingerprint density at radius 3 is 2.33 bits per heavy atom. The maximum absolute atomic E-state index is 12.9. The van der Waals surface area contributed by atoms with Crippen LogP contribution in [-0.2, 0) is 17.8 Å². The number of halogens is 1. The fourth-order valence-corrected chi connectivity index (χ4v) is 2.90. The van der Waals surface area contributed by atoms with Crippen LogP contribution in [0.1, 0.15) is 34.0 Å². The Hall–Kier alpha value is -4.20. The molecule has 0 fully saturated rings. The molecule has 1 amide bonds. The van der Waals surface area contributed by atoms with E-state index in [9.17, 15) is 14.0 Å². The monoisotopic (exact) mass is 450 g/mol. The van der Waals surface area contributed by atoms with Crippen LogP contribution in [0.5, 0.6) is 11.5 Å². The third kappa shape index (κ3) is 7.17. The summed E-state index contributed by atoms with van der Waals surface area (Å²) in [4.78, 5) is 22.9. The van der Waals surface area contributed by atoms with E-state index in [2.05, 4.69) is 10.5 Å². The number of hydrogen-bond donors (Lipinski definition) is 2. The molecule has 0 saturated heterocycles. The molecule has 0 unspecified atom stereocenters. The molecule has 0 aliphatic carbocycles. The topological polar surface area (TPSA) is 97.2 Å². The quantitative estimate of drug-likeness (QED) is 0.357. The second-order valence-electron chi connectivity index (χ2n) is 7.03. The summed E-state index contributed by atoms with van der Waals surface area (Å²) in [6.45, 7) is 2.52. The van der Waals surface area contributed by atoms with Crippen LogP contribution in [0.25, 0.3) is 0 Å². The van der Waals surface area contributed by atoms with Gasteiger partial charge in [-0.1, -0.05) is 24.3 Å². The molecule has 0 saturated carbocycles. The van der Waals surface area contributed by atoms with Crippen molar-refractivity contribution in [3.8, 4) is 11.5 Å². The van der Waals surface area contributed by atoms with Crippen molar-refractivity contribution in [2.75, 3.05) is 6.61 Å². The Morgan fingerprint density at radius 1 is 0.970 bits per heavy atom. The Bertz CT molecular complexity index is 1130. The van der Waals surface area contributed by atoms with E-state index >= 15 is 0 Å². The minimum absolute atomic E-state index is 0.0854. The van der Waals surface area contributed by atoms with Crippen molar-refractivity contribution in [2.45, 2.75) is 20.0 Å². The fourth-order valence-electron chi connectivity index (χ4n) is 2.90. The Balaban J connectivity index is 1.59. The van der Waals surface area contributed by atoms with Crippen LogP contribution in [0.2, 0.25) is 0 Å². The number of carboxylic acids is 1. The molecule has 8 heteroatoms. The van der Waals surface area contributed by atoms with Crippen molar-refractivity contribution in [2.24, 2.45) is 5.10 Å². The third-order valence-electron chi connectivity index (χ3n) is 4.54. The van der Waals surface area contributed by atoms with Crippen LogP contribution in [-0.4, -0.2) is 29.8 Å². The normalized spacial score (nSPS) is 10.7. The van der Waals surface area contributed by atoms with Crippen molar-refractivity contribution in [1.82, 2.24) is 5.43 Å². The Labute approximate surface area is 190 Å². The first-order valence-corrected chi connectivity index (χ1v) is 10.2. The number of amides is 1. The fraction of sp³-hybridized carbons (Fsp3) is 0.160. The molecule has 0 bridgehead atoms. The predicted octanol–water partition coefficient (Wildman–Crippen LogP) is 4.19. The van der Waals surface area contributed by atoms with Gasteiger partial charge in [0.1, 0.15) is 12.4 Å². The number of benzene rings is 3. The summed E-state index contributed by atoms with van der Waals surface area (Å²) in [5, 5.41) is 12.9. The predicted molar refractivity (Wildman–Crippen MR) is 121 cm³/mol. The molecule has 0 aromatic heterocycles. The highest BCUT2D eigenvalue weighted by Crippen LogP contribution is 2.29. The van der Waals surface area contributed by atoms with Crippen LogP contribution in [0.3, 0.4) is 0 Å². The van der Waals surface area contributed by atoms with E-state index in [0.717, 1.165) is 5.56 Å². The summed E-state index contributed by atoms with van der Waals surface area (Å²) >= 11 is 0. The average Bonchev–Trinajstić information content (AvgIpc) is 2.80. The second kappa shape index (κ2) is 11.4. The van der Waals surface area contributed by atoms with Crippen molar-refractivity contribution < 1.29 is 28.6 Å². The van der Waals surface area contributed by atoms with E-state index in [1.54, 1.807) is 42.5 Å². The summed E-state index contributed by atoms with van der Waals surface area (Å²) in [6.07, 6.45) is 1.57. The van der Waals surface area contributed by atoms with E-state index in [1.165, 1.54) is 30.5 Å². The lowest BCUT2D eigenvalue weighted by Crippen LogP contribution is -2.19. The van der Waals surface area contributed by atoms with Gasteiger partial charge in [-0.05, 0) is 66.1 Å². The lowest BCUT2D eigenvalue weighted by Gasteiger charge is -2.13. The van der Waals surface area contributed by atoms with Crippen molar-refractivity contribution in [1.29, 1.82) is 0 Å². The minimum atomic E-state index is -0.981. The maximum atomic E-state index is 12.9. The van der Waals surface area contributed by atoms with Gasteiger partial charge in [0.15, 0.2) is 11.5 Å². The molecule has 170 valence electrons. The van der Waals surface area contributed by atoms with Gasteiger partial charge in [0, 0.05) is 0 Å². The van der Waals surface area contributed by atoms with Crippen LogP contribution in [0.4, 0.5) is 4.39 Å². The van der Waals surface area contributed by atoms with Gasteiger partial charge in [-0.3, -0.25) is 4.79 Å². The summed E-state index contributed by atoms with van der Waals surface area (Å²) in [7, 11) is 0. The molecule has 0 spiro atoms. The van der Waals surface area contributed by atoms with Gasteiger partial charge in [0.25, 0.3) is 0 Å². The minimum Gasteiger partial charge on any atom is -0.490 e. The smallest absolute Gasteiger partial charge is 0.335 e. The molecular formula is C25H23FN2O5. The summed E-state index contributed by atoms with van der Waals surface area (Å²) in [5.41, 5.74) is 4.84. The first-order valence-electron chi connectivity index (χ1n) is 10.2. The Morgan fingerprint density at radius 2 is 1.67 bits per heavy atom. The molecule has 0 aliphatic heterocycles. The molecule has 0 heterocycles. The van der Waals surface area contributed by atoms with Gasteiger partial charge >= 0.3 is 5.97 Å². The molecule has 3 rings (SSSR count). The summed E-state index contributed by atoms with van der Waals surface area (Å²) in [5.74, 6) is -0.620. The van der Waals surface area contributed by atoms with Crippen molar-refractivity contribution >= 4 is 18.1 Å². The van der Waals surface area contributed by atoms with E-state index < -0.39 is 5.97 Å².